The molecule has 1 aromatic carbocycles. The second-order valence-corrected chi connectivity index (χ2v) is 9.43. The lowest BCUT2D eigenvalue weighted by molar-refractivity contribution is -0.120. The standard InChI is InChI=1S/C27H27ClFN5O2/c1-36-16-20-15-34(14-17-4-2-6-21(29)8-17)24-9-19(12-32-26(20)24)22-10-25(31-13-23(22)28)33-27(35)18-5-3-7-30-11-18/h2,4,6,8-10,12-13,15,18,30H,3,5,7,11,14,16H2,1H3,(H,31,33,35). The largest absolute Gasteiger partial charge is 0.380 e. The molecule has 1 amide bonds. The lowest BCUT2D eigenvalue weighted by Crippen LogP contribution is -2.37. The molecule has 1 atom stereocenters. The van der Waals surface area contributed by atoms with Crippen LogP contribution < -0.4 is 10.6 Å². The van der Waals surface area contributed by atoms with Crippen LogP contribution >= 0.6 is 11.6 Å². The summed E-state index contributed by atoms with van der Waals surface area (Å²) in [5.41, 5.74) is 4.95. The van der Waals surface area contributed by atoms with Crippen molar-refractivity contribution in [1.29, 1.82) is 0 Å². The highest BCUT2D eigenvalue weighted by atomic mass is 35.5. The smallest absolute Gasteiger partial charge is 0.229 e. The van der Waals surface area contributed by atoms with Crippen LogP contribution in [-0.4, -0.2) is 40.6 Å². The molecule has 186 valence electrons. The Balaban J connectivity index is 1.49. The highest BCUT2D eigenvalue weighted by molar-refractivity contribution is 6.33. The number of methoxy groups -OCH3 is 1. The molecule has 1 saturated heterocycles. The average Bonchev–Trinajstić information content (AvgIpc) is 3.22. The summed E-state index contributed by atoms with van der Waals surface area (Å²) >= 11 is 6.53. The van der Waals surface area contributed by atoms with Gasteiger partial charge in [-0.1, -0.05) is 23.7 Å². The molecule has 3 aromatic heterocycles. The van der Waals surface area contributed by atoms with Crippen LogP contribution in [0.15, 0.2) is 55.0 Å². The molecule has 4 heterocycles. The van der Waals surface area contributed by atoms with Crippen molar-refractivity contribution >= 4 is 34.4 Å². The van der Waals surface area contributed by atoms with E-state index >= 15 is 0 Å². The molecule has 2 N–H and O–H groups in total. The first-order chi connectivity index (χ1) is 17.5. The van der Waals surface area contributed by atoms with Crippen LogP contribution in [0.3, 0.4) is 0 Å². The van der Waals surface area contributed by atoms with Gasteiger partial charge in [-0.15, -0.1) is 0 Å². The highest BCUT2D eigenvalue weighted by Crippen LogP contribution is 2.32. The minimum atomic E-state index is -0.276. The first-order valence-electron chi connectivity index (χ1n) is 11.9. The third kappa shape index (κ3) is 5.26. The number of hydrogen-bond acceptors (Lipinski definition) is 5. The number of nitrogens with zero attached hydrogens (tertiary/aromatic N) is 3. The number of fused-ring (bicyclic) bond motifs is 1. The van der Waals surface area contributed by atoms with Gasteiger partial charge in [0, 0.05) is 55.5 Å². The summed E-state index contributed by atoms with van der Waals surface area (Å²) in [6, 6.07) is 10.3. The summed E-state index contributed by atoms with van der Waals surface area (Å²) in [6.45, 7) is 2.49. The summed E-state index contributed by atoms with van der Waals surface area (Å²) in [6.07, 6.45) is 7.10. The van der Waals surface area contributed by atoms with Crippen molar-refractivity contribution in [2.45, 2.75) is 26.0 Å². The lowest BCUT2D eigenvalue weighted by atomic mass is 9.99. The van der Waals surface area contributed by atoms with Gasteiger partial charge >= 0.3 is 0 Å². The predicted molar refractivity (Wildman–Crippen MR) is 138 cm³/mol. The van der Waals surface area contributed by atoms with Crippen molar-refractivity contribution < 1.29 is 13.9 Å². The number of ether oxygens (including phenoxy) is 1. The second kappa shape index (κ2) is 10.7. The SMILES string of the molecule is COCc1cn(Cc2cccc(F)c2)c2cc(-c3cc(NC(=O)C4CCCNC4)ncc3Cl)cnc12. The number of carbonyl (C=O) groups is 1. The Labute approximate surface area is 213 Å². The van der Waals surface area contributed by atoms with E-state index in [-0.39, 0.29) is 17.6 Å². The van der Waals surface area contributed by atoms with Crippen molar-refractivity contribution in [3.63, 3.8) is 0 Å². The van der Waals surface area contributed by atoms with E-state index in [9.17, 15) is 9.18 Å². The molecule has 5 rings (SSSR count). The van der Waals surface area contributed by atoms with Gasteiger partial charge in [0.05, 0.1) is 28.6 Å². The molecule has 0 bridgehead atoms. The fraction of sp³-hybridized carbons (Fsp3) is 0.296. The Hall–Kier alpha value is -3.33. The molecule has 1 aliphatic heterocycles. The number of carbonyl (C=O) groups excluding carboxylic acids is 1. The number of pyridine rings is 2. The number of hydrogen-bond donors (Lipinski definition) is 2. The number of rotatable bonds is 7. The second-order valence-electron chi connectivity index (χ2n) is 9.02. The van der Waals surface area contributed by atoms with Gasteiger partial charge in [0.2, 0.25) is 5.91 Å². The number of aromatic nitrogens is 3. The van der Waals surface area contributed by atoms with E-state index in [1.807, 2.05) is 22.9 Å². The molecule has 0 aliphatic carbocycles. The topological polar surface area (TPSA) is 81.1 Å². The van der Waals surface area contributed by atoms with Gasteiger partial charge in [-0.25, -0.2) is 9.37 Å². The molecule has 9 heteroatoms. The zero-order chi connectivity index (χ0) is 25.1. The lowest BCUT2D eigenvalue weighted by Gasteiger charge is -2.21. The monoisotopic (exact) mass is 507 g/mol. The molecule has 0 saturated carbocycles. The summed E-state index contributed by atoms with van der Waals surface area (Å²) in [4.78, 5) is 21.7. The van der Waals surface area contributed by atoms with E-state index < -0.39 is 0 Å². The van der Waals surface area contributed by atoms with Gasteiger partial charge in [0.15, 0.2) is 0 Å². The Kier molecular flexibility index (Phi) is 7.27. The molecular weight excluding hydrogens is 481 g/mol. The molecule has 1 aliphatic rings. The van der Waals surface area contributed by atoms with Crippen LogP contribution in [0.25, 0.3) is 22.2 Å². The summed E-state index contributed by atoms with van der Waals surface area (Å²) < 4.78 is 21.2. The number of nitrogens with one attached hydrogen (secondary N) is 2. The number of benzene rings is 1. The molecule has 0 spiro atoms. The summed E-state index contributed by atoms with van der Waals surface area (Å²) in [7, 11) is 1.64. The van der Waals surface area contributed by atoms with E-state index in [2.05, 4.69) is 15.6 Å². The quantitative estimate of drug-likeness (QED) is 0.367. The molecule has 1 unspecified atom stereocenters. The molecular formula is C27H27ClFN5O2. The highest BCUT2D eigenvalue weighted by Gasteiger charge is 2.22. The maximum atomic E-state index is 13.8. The van der Waals surface area contributed by atoms with E-state index in [0.29, 0.717) is 36.1 Å². The Morgan fingerprint density at radius 3 is 2.94 bits per heavy atom. The van der Waals surface area contributed by atoms with Crippen LogP contribution in [0.2, 0.25) is 5.02 Å². The molecule has 7 nitrogen and oxygen atoms in total. The van der Waals surface area contributed by atoms with Crippen molar-refractivity contribution in [2.75, 3.05) is 25.5 Å². The van der Waals surface area contributed by atoms with Crippen molar-refractivity contribution in [2.24, 2.45) is 5.92 Å². The molecule has 1 fully saturated rings. The third-order valence-electron chi connectivity index (χ3n) is 6.42. The molecule has 0 radical (unpaired) electrons. The van der Waals surface area contributed by atoms with E-state index in [0.717, 1.165) is 47.1 Å². The van der Waals surface area contributed by atoms with E-state index in [4.69, 9.17) is 21.3 Å². The zero-order valence-corrected chi connectivity index (χ0v) is 20.7. The summed E-state index contributed by atoms with van der Waals surface area (Å²) in [5, 5.41) is 6.64. The van der Waals surface area contributed by atoms with Crippen molar-refractivity contribution in [3.05, 3.63) is 77.0 Å². The van der Waals surface area contributed by atoms with E-state index in [1.54, 1.807) is 25.4 Å². The summed E-state index contributed by atoms with van der Waals surface area (Å²) in [5.74, 6) is 0.0371. The van der Waals surface area contributed by atoms with E-state index in [1.165, 1.54) is 18.3 Å². The Morgan fingerprint density at radius 2 is 2.17 bits per heavy atom. The number of amides is 1. The number of piperidine rings is 1. The van der Waals surface area contributed by atoms with Crippen LogP contribution in [0, 0.1) is 11.7 Å². The van der Waals surface area contributed by atoms with Crippen LogP contribution in [-0.2, 0) is 22.7 Å². The first-order valence-corrected chi connectivity index (χ1v) is 12.3. The van der Waals surface area contributed by atoms with Gasteiger partial charge < -0.3 is 19.9 Å². The number of anilines is 1. The molecule has 4 aromatic rings. The van der Waals surface area contributed by atoms with Gasteiger partial charge in [-0.05, 0) is 49.2 Å². The zero-order valence-electron chi connectivity index (χ0n) is 19.9. The fourth-order valence-corrected chi connectivity index (χ4v) is 4.85. The van der Waals surface area contributed by atoms with Crippen LogP contribution in [0.5, 0.6) is 0 Å². The van der Waals surface area contributed by atoms with Crippen molar-refractivity contribution in [3.8, 4) is 11.1 Å². The fourth-order valence-electron chi connectivity index (χ4n) is 4.64. The Morgan fingerprint density at radius 1 is 1.28 bits per heavy atom. The Bertz CT molecular complexity index is 1400. The van der Waals surface area contributed by atoms with Gasteiger partial charge in [0.25, 0.3) is 0 Å². The maximum Gasteiger partial charge on any atom is 0.229 e. The average molecular weight is 508 g/mol. The normalized spacial score (nSPS) is 15.8. The third-order valence-corrected chi connectivity index (χ3v) is 6.72. The minimum absolute atomic E-state index is 0.0512. The first kappa shape index (κ1) is 24.4. The van der Waals surface area contributed by atoms with Crippen molar-refractivity contribution in [1.82, 2.24) is 19.9 Å². The maximum absolute atomic E-state index is 13.8. The van der Waals surface area contributed by atoms with Gasteiger partial charge in [-0.2, -0.15) is 0 Å². The minimum Gasteiger partial charge on any atom is -0.380 e. The van der Waals surface area contributed by atoms with Crippen LogP contribution in [0.1, 0.15) is 24.0 Å². The molecule has 36 heavy (non-hydrogen) atoms. The predicted octanol–water partition coefficient (Wildman–Crippen LogP) is 5.02. The van der Waals surface area contributed by atoms with Crippen LogP contribution in [0.4, 0.5) is 10.2 Å². The number of halogens is 2. The van der Waals surface area contributed by atoms with Gasteiger partial charge in [0.1, 0.15) is 11.6 Å². The van der Waals surface area contributed by atoms with Gasteiger partial charge in [-0.3, -0.25) is 9.78 Å².